The summed E-state index contributed by atoms with van der Waals surface area (Å²) in [4.78, 5) is 41.5. The predicted octanol–water partition coefficient (Wildman–Crippen LogP) is 0.356. The molecule has 0 radical (unpaired) electrons. The zero-order valence-electron chi connectivity index (χ0n) is 16.2. The zero-order valence-corrected chi connectivity index (χ0v) is 17.0. The first-order valence-electron chi connectivity index (χ1n) is 9.82. The number of nitrogens with one attached hydrogen (secondary N) is 1. The second kappa shape index (κ2) is 8.58. The van der Waals surface area contributed by atoms with E-state index < -0.39 is 39.1 Å². The van der Waals surface area contributed by atoms with Crippen molar-refractivity contribution in [2.24, 2.45) is 11.1 Å². The first-order chi connectivity index (χ1) is 13.8. The number of ketones is 1. The summed E-state index contributed by atoms with van der Waals surface area (Å²) >= 11 is 0. The molecule has 0 bridgehead atoms. The second-order valence-electron chi connectivity index (χ2n) is 7.65. The largest absolute Gasteiger partial charge is 0.369 e. The van der Waals surface area contributed by atoms with Gasteiger partial charge in [0.05, 0.1) is 12.6 Å². The number of pyridine rings is 1. The fourth-order valence-electron chi connectivity index (χ4n) is 4.02. The van der Waals surface area contributed by atoms with Gasteiger partial charge in [0, 0.05) is 12.7 Å². The maximum Gasteiger partial charge on any atom is 0.260 e. The first kappa shape index (κ1) is 21.4. The lowest BCUT2D eigenvalue weighted by atomic mass is 9.72. The lowest BCUT2D eigenvalue weighted by Gasteiger charge is -2.34. The van der Waals surface area contributed by atoms with E-state index >= 15 is 0 Å². The molecule has 0 unspecified atom stereocenters. The van der Waals surface area contributed by atoms with Crippen LogP contribution in [0.5, 0.6) is 0 Å². The van der Waals surface area contributed by atoms with Crippen LogP contribution in [0.2, 0.25) is 0 Å². The highest BCUT2D eigenvalue weighted by molar-refractivity contribution is 7.89. The Hall–Kier alpha value is -2.33. The van der Waals surface area contributed by atoms with Gasteiger partial charge in [-0.05, 0) is 37.8 Å². The minimum absolute atomic E-state index is 0.120. The number of amides is 2. The van der Waals surface area contributed by atoms with Crippen LogP contribution in [-0.4, -0.2) is 54.4 Å². The van der Waals surface area contributed by atoms with Crippen molar-refractivity contribution in [2.75, 3.05) is 13.1 Å². The van der Waals surface area contributed by atoms with Gasteiger partial charge in [0.25, 0.3) is 10.0 Å². The minimum atomic E-state index is -3.90. The monoisotopic (exact) mass is 422 g/mol. The quantitative estimate of drug-likeness (QED) is 0.657. The molecule has 9 nitrogen and oxygen atoms in total. The van der Waals surface area contributed by atoms with E-state index in [2.05, 4.69) is 10.3 Å². The Bertz CT molecular complexity index is 881. The summed E-state index contributed by atoms with van der Waals surface area (Å²) in [7, 11) is -3.90. The molecular formula is C19H26N4O5S. The average Bonchev–Trinajstić information content (AvgIpc) is 2.91. The molecule has 2 aliphatic rings. The van der Waals surface area contributed by atoms with E-state index in [-0.39, 0.29) is 18.1 Å². The second-order valence-corrected chi connectivity index (χ2v) is 9.53. The number of nitrogens with zero attached hydrogens (tertiary/aromatic N) is 2. The summed E-state index contributed by atoms with van der Waals surface area (Å²) < 4.78 is 26.6. The molecule has 2 amide bonds. The number of aromatic nitrogens is 1. The molecule has 1 saturated carbocycles. The number of nitrogens with two attached hydrogens (primary N) is 1. The van der Waals surface area contributed by atoms with Crippen molar-refractivity contribution in [3.05, 3.63) is 24.4 Å². The molecule has 2 heterocycles. The number of rotatable bonds is 5. The molecule has 10 heteroatoms. The molecule has 158 valence electrons. The topological polar surface area (TPSA) is 140 Å². The van der Waals surface area contributed by atoms with Crippen LogP contribution in [0.4, 0.5) is 0 Å². The van der Waals surface area contributed by atoms with Crippen molar-refractivity contribution in [2.45, 2.75) is 56.0 Å². The van der Waals surface area contributed by atoms with Crippen molar-refractivity contribution in [1.29, 1.82) is 0 Å². The summed E-state index contributed by atoms with van der Waals surface area (Å²) in [5.74, 6) is -1.61. The maximum absolute atomic E-state index is 12.9. The Morgan fingerprint density at radius 2 is 1.90 bits per heavy atom. The van der Waals surface area contributed by atoms with Crippen LogP contribution in [0.15, 0.2) is 29.4 Å². The molecule has 3 N–H and O–H groups in total. The predicted molar refractivity (Wildman–Crippen MR) is 104 cm³/mol. The van der Waals surface area contributed by atoms with Crippen molar-refractivity contribution in [3.8, 4) is 0 Å². The van der Waals surface area contributed by atoms with Crippen LogP contribution < -0.4 is 11.1 Å². The number of hydrogen-bond acceptors (Lipinski definition) is 6. The standard InChI is InChI=1S/C19H26N4O5S/c20-17(25)19(9-3-1-4-10-19)18(26)22-14-7-6-12-23(13-15(14)24)29(27,28)16-8-2-5-11-21-16/h2,5,8,11,14H,1,3-4,6-7,9-10,12-13H2,(H2,20,25)(H,22,26)/t14-/m0/s1. The Balaban J connectivity index is 1.73. The maximum atomic E-state index is 12.9. The van der Waals surface area contributed by atoms with Gasteiger partial charge < -0.3 is 11.1 Å². The molecule has 1 aromatic heterocycles. The molecule has 1 aliphatic heterocycles. The van der Waals surface area contributed by atoms with E-state index in [4.69, 9.17) is 5.73 Å². The smallest absolute Gasteiger partial charge is 0.260 e. The van der Waals surface area contributed by atoms with Crippen molar-refractivity contribution < 1.29 is 22.8 Å². The molecule has 1 saturated heterocycles. The van der Waals surface area contributed by atoms with Crippen LogP contribution in [0, 0.1) is 5.41 Å². The number of primary amides is 1. The van der Waals surface area contributed by atoms with Crippen LogP contribution in [0.1, 0.15) is 44.9 Å². The Kier molecular flexibility index (Phi) is 6.33. The van der Waals surface area contributed by atoms with Gasteiger partial charge in [-0.3, -0.25) is 14.4 Å². The highest BCUT2D eigenvalue weighted by Crippen LogP contribution is 2.36. The van der Waals surface area contributed by atoms with Gasteiger partial charge >= 0.3 is 0 Å². The van der Waals surface area contributed by atoms with Gasteiger partial charge in [-0.2, -0.15) is 4.31 Å². The fourth-order valence-corrected chi connectivity index (χ4v) is 5.40. The van der Waals surface area contributed by atoms with Gasteiger partial charge in [-0.1, -0.05) is 25.3 Å². The van der Waals surface area contributed by atoms with Crippen LogP contribution in [-0.2, 0) is 24.4 Å². The summed E-state index contributed by atoms with van der Waals surface area (Å²) in [6.45, 7) is -0.203. The third kappa shape index (κ3) is 4.32. The van der Waals surface area contributed by atoms with E-state index in [0.29, 0.717) is 25.7 Å². The summed E-state index contributed by atoms with van der Waals surface area (Å²) in [5, 5.41) is 2.57. The first-order valence-corrected chi connectivity index (χ1v) is 11.3. The van der Waals surface area contributed by atoms with E-state index in [0.717, 1.165) is 23.6 Å². The molecule has 1 atom stereocenters. The zero-order chi connectivity index (χ0) is 21.1. The molecule has 29 heavy (non-hydrogen) atoms. The molecule has 1 aromatic rings. The number of hydrogen-bond donors (Lipinski definition) is 2. The van der Waals surface area contributed by atoms with E-state index in [1.54, 1.807) is 12.1 Å². The van der Waals surface area contributed by atoms with Crippen LogP contribution in [0.25, 0.3) is 0 Å². The fraction of sp³-hybridized carbons (Fsp3) is 0.579. The van der Waals surface area contributed by atoms with Crippen LogP contribution in [0.3, 0.4) is 0 Å². The number of carbonyl (C=O) groups is 3. The summed E-state index contributed by atoms with van der Waals surface area (Å²) in [6.07, 6.45) is 5.20. The molecule has 2 fully saturated rings. The van der Waals surface area contributed by atoms with Gasteiger partial charge in [-0.15, -0.1) is 0 Å². The molecular weight excluding hydrogens is 396 g/mol. The van der Waals surface area contributed by atoms with Gasteiger partial charge in [0.2, 0.25) is 11.8 Å². The third-order valence-corrected chi connectivity index (χ3v) is 7.54. The third-order valence-electron chi connectivity index (χ3n) is 5.78. The van der Waals surface area contributed by atoms with E-state index in [1.807, 2.05) is 0 Å². The molecule has 1 aliphatic carbocycles. The highest BCUT2D eigenvalue weighted by Gasteiger charge is 2.46. The molecule has 0 spiro atoms. The number of sulfonamides is 1. The molecule has 0 aromatic carbocycles. The lowest BCUT2D eigenvalue weighted by molar-refractivity contribution is -0.145. The van der Waals surface area contributed by atoms with Crippen molar-refractivity contribution in [1.82, 2.24) is 14.6 Å². The van der Waals surface area contributed by atoms with Crippen molar-refractivity contribution >= 4 is 27.6 Å². The highest BCUT2D eigenvalue weighted by atomic mass is 32.2. The van der Waals surface area contributed by atoms with Gasteiger partial charge in [0.1, 0.15) is 5.41 Å². The summed E-state index contributed by atoms with van der Waals surface area (Å²) in [6, 6.07) is 3.71. The Morgan fingerprint density at radius 3 is 2.52 bits per heavy atom. The molecule has 3 rings (SSSR count). The number of Topliss-reactive ketones (excluding diaryl/α,β-unsaturated/α-hetero) is 1. The Labute approximate surface area is 170 Å². The van der Waals surface area contributed by atoms with Gasteiger partial charge in [-0.25, -0.2) is 13.4 Å². The number of carbonyl (C=O) groups excluding carboxylic acids is 3. The van der Waals surface area contributed by atoms with Crippen LogP contribution >= 0.6 is 0 Å². The lowest BCUT2D eigenvalue weighted by Crippen LogP contribution is -2.55. The Morgan fingerprint density at radius 1 is 1.17 bits per heavy atom. The average molecular weight is 423 g/mol. The summed E-state index contributed by atoms with van der Waals surface area (Å²) in [5.41, 5.74) is 4.25. The van der Waals surface area contributed by atoms with E-state index in [1.165, 1.54) is 12.3 Å². The van der Waals surface area contributed by atoms with Crippen molar-refractivity contribution in [3.63, 3.8) is 0 Å². The SMILES string of the molecule is NC(=O)C1(C(=O)N[C@H]2CCCN(S(=O)(=O)c3ccccn3)CC2=O)CCCCC1. The van der Waals surface area contributed by atoms with Gasteiger partial charge in [0.15, 0.2) is 10.8 Å². The minimum Gasteiger partial charge on any atom is -0.369 e. The normalized spacial score (nSPS) is 23.2. The van der Waals surface area contributed by atoms with E-state index in [9.17, 15) is 22.8 Å².